The number of aromatic carboxylic acids is 1. The molecular formula is C12H19NO3S. The summed E-state index contributed by atoms with van der Waals surface area (Å²) >= 11 is 1.31. The Morgan fingerprint density at radius 1 is 1.59 bits per heavy atom. The Labute approximate surface area is 106 Å². The van der Waals surface area contributed by atoms with E-state index in [0.717, 1.165) is 18.0 Å². The Morgan fingerprint density at radius 3 is 2.76 bits per heavy atom. The quantitative estimate of drug-likeness (QED) is 0.816. The van der Waals surface area contributed by atoms with Crippen LogP contribution in [0.4, 0.5) is 5.00 Å². The average Bonchev–Trinajstić information content (AvgIpc) is 2.78. The average molecular weight is 257 g/mol. The van der Waals surface area contributed by atoms with Gasteiger partial charge in [0.2, 0.25) is 0 Å². The molecule has 0 amide bonds. The van der Waals surface area contributed by atoms with Gasteiger partial charge in [-0.1, -0.05) is 6.92 Å². The van der Waals surface area contributed by atoms with Crippen LogP contribution in [0.3, 0.4) is 0 Å². The number of ether oxygens (including phenoxy) is 1. The van der Waals surface area contributed by atoms with Gasteiger partial charge in [0.25, 0.3) is 0 Å². The number of hydrogen-bond donors (Lipinski definition) is 1. The van der Waals surface area contributed by atoms with Crippen molar-refractivity contribution in [3.05, 3.63) is 17.0 Å². The third kappa shape index (κ3) is 3.71. The van der Waals surface area contributed by atoms with Crippen molar-refractivity contribution >= 4 is 22.3 Å². The minimum Gasteiger partial charge on any atom is -0.477 e. The van der Waals surface area contributed by atoms with Gasteiger partial charge in [-0.3, -0.25) is 0 Å². The maximum atomic E-state index is 10.9. The van der Waals surface area contributed by atoms with Crippen molar-refractivity contribution in [2.75, 3.05) is 25.2 Å². The molecule has 0 saturated heterocycles. The van der Waals surface area contributed by atoms with Crippen LogP contribution in [-0.4, -0.2) is 37.4 Å². The smallest absolute Gasteiger partial charge is 0.345 e. The maximum Gasteiger partial charge on any atom is 0.345 e. The molecule has 1 rings (SSSR count). The van der Waals surface area contributed by atoms with Gasteiger partial charge in [-0.2, -0.15) is 0 Å². The van der Waals surface area contributed by atoms with Crippen molar-refractivity contribution < 1.29 is 14.6 Å². The third-order valence-corrected chi connectivity index (χ3v) is 3.86. The van der Waals surface area contributed by atoms with Crippen LogP contribution in [0.1, 0.15) is 29.9 Å². The molecule has 0 radical (unpaired) electrons. The fourth-order valence-electron chi connectivity index (χ4n) is 1.55. The fraction of sp³-hybridized carbons (Fsp3) is 0.583. The summed E-state index contributed by atoms with van der Waals surface area (Å²) in [6, 6.07) is 3.91. The van der Waals surface area contributed by atoms with Gasteiger partial charge in [0.1, 0.15) is 4.88 Å². The summed E-state index contributed by atoms with van der Waals surface area (Å²) in [6.07, 6.45) is 1.02. The van der Waals surface area contributed by atoms with Gasteiger partial charge in [-0.25, -0.2) is 4.79 Å². The summed E-state index contributed by atoms with van der Waals surface area (Å²) in [5, 5.41) is 9.91. The molecule has 1 unspecified atom stereocenters. The predicted octanol–water partition coefficient (Wildman–Crippen LogP) is 2.70. The van der Waals surface area contributed by atoms with Crippen molar-refractivity contribution in [1.29, 1.82) is 0 Å². The Balaban J connectivity index is 2.83. The largest absolute Gasteiger partial charge is 0.477 e. The molecule has 1 aromatic heterocycles. The molecule has 5 heteroatoms. The minimum atomic E-state index is -0.864. The first-order valence-electron chi connectivity index (χ1n) is 5.68. The van der Waals surface area contributed by atoms with E-state index in [2.05, 4.69) is 18.7 Å². The van der Waals surface area contributed by atoms with Gasteiger partial charge in [0, 0.05) is 19.7 Å². The van der Waals surface area contributed by atoms with E-state index in [-0.39, 0.29) is 0 Å². The van der Waals surface area contributed by atoms with E-state index in [1.807, 2.05) is 6.07 Å². The molecule has 0 spiro atoms. The zero-order valence-electron chi connectivity index (χ0n) is 10.5. The van der Waals surface area contributed by atoms with Crippen LogP contribution in [0.2, 0.25) is 0 Å². The molecule has 1 N–H and O–H groups in total. The van der Waals surface area contributed by atoms with E-state index in [0.29, 0.717) is 17.5 Å². The molecule has 1 heterocycles. The van der Waals surface area contributed by atoms with Crippen LogP contribution in [-0.2, 0) is 4.74 Å². The number of carboxylic acid groups (broad SMARTS) is 1. The van der Waals surface area contributed by atoms with Crippen molar-refractivity contribution in [3.8, 4) is 0 Å². The van der Waals surface area contributed by atoms with Crippen molar-refractivity contribution in [2.24, 2.45) is 0 Å². The van der Waals surface area contributed by atoms with E-state index >= 15 is 0 Å². The summed E-state index contributed by atoms with van der Waals surface area (Å²) in [5.41, 5.74) is 0. The van der Waals surface area contributed by atoms with Crippen LogP contribution in [0.15, 0.2) is 12.1 Å². The van der Waals surface area contributed by atoms with Crippen LogP contribution < -0.4 is 4.90 Å². The van der Waals surface area contributed by atoms with Gasteiger partial charge in [-0.05, 0) is 25.5 Å². The minimum absolute atomic E-state index is 0.380. The van der Waals surface area contributed by atoms with E-state index < -0.39 is 5.97 Å². The molecule has 4 nitrogen and oxygen atoms in total. The highest BCUT2D eigenvalue weighted by molar-refractivity contribution is 7.17. The standard InChI is InChI=1S/C12H19NO3S/c1-4-9(2)13(7-8-16-3)11-6-5-10(17-11)12(14)15/h5-6,9H,4,7-8H2,1-3H3,(H,14,15). The predicted molar refractivity (Wildman–Crippen MR) is 70.3 cm³/mol. The number of anilines is 1. The number of rotatable bonds is 7. The summed E-state index contributed by atoms with van der Waals surface area (Å²) in [5.74, 6) is -0.864. The first kappa shape index (κ1) is 14.0. The monoisotopic (exact) mass is 257 g/mol. The van der Waals surface area contributed by atoms with Crippen LogP contribution in [0.5, 0.6) is 0 Å². The SMILES string of the molecule is CCC(C)N(CCOC)c1ccc(C(=O)O)s1. The second-order valence-electron chi connectivity index (χ2n) is 3.89. The Hall–Kier alpha value is -1.07. The Bertz CT molecular complexity index is 364. The summed E-state index contributed by atoms with van der Waals surface area (Å²) in [7, 11) is 1.67. The molecule has 0 bridgehead atoms. The van der Waals surface area contributed by atoms with Crippen LogP contribution in [0.25, 0.3) is 0 Å². The number of hydrogen-bond acceptors (Lipinski definition) is 4. The molecule has 0 aromatic carbocycles. The molecule has 0 saturated carbocycles. The highest BCUT2D eigenvalue weighted by Gasteiger charge is 2.16. The van der Waals surface area contributed by atoms with Gasteiger partial charge in [0.15, 0.2) is 0 Å². The molecule has 96 valence electrons. The molecule has 0 aliphatic heterocycles. The lowest BCUT2D eigenvalue weighted by Crippen LogP contribution is -2.34. The molecule has 17 heavy (non-hydrogen) atoms. The maximum absolute atomic E-state index is 10.9. The second-order valence-corrected chi connectivity index (χ2v) is 4.95. The first-order valence-corrected chi connectivity index (χ1v) is 6.50. The summed E-state index contributed by atoms with van der Waals surface area (Å²) in [6.45, 7) is 5.68. The highest BCUT2D eigenvalue weighted by atomic mass is 32.1. The molecule has 0 aliphatic rings. The Morgan fingerprint density at radius 2 is 2.29 bits per heavy atom. The zero-order chi connectivity index (χ0) is 12.8. The highest BCUT2D eigenvalue weighted by Crippen LogP contribution is 2.28. The molecule has 1 atom stereocenters. The molecule has 0 aliphatic carbocycles. The van der Waals surface area contributed by atoms with Gasteiger partial charge in [0.05, 0.1) is 11.6 Å². The number of nitrogens with zero attached hydrogens (tertiary/aromatic N) is 1. The first-order chi connectivity index (χ1) is 8.10. The number of methoxy groups -OCH3 is 1. The third-order valence-electron chi connectivity index (χ3n) is 2.74. The molecular weight excluding hydrogens is 238 g/mol. The van der Waals surface area contributed by atoms with Crippen molar-refractivity contribution in [1.82, 2.24) is 0 Å². The van der Waals surface area contributed by atoms with E-state index in [1.54, 1.807) is 13.2 Å². The van der Waals surface area contributed by atoms with Crippen LogP contribution >= 0.6 is 11.3 Å². The lowest BCUT2D eigenvalue weighted by molar-refractivity contribution is 0.0702. The van der Waals surface area contributed by atoms with Crippen LogP contribution in [0, 0.1) is 0 Å². The normalized spacial score (nSPS) is 12.4. The van der Waals surface area contributed by atoms with Crippen molar-refractivity contribution in [3.63, 3.8) is 0 Å². The number of carboxylic acids is 1. The summed E-state index contributed by atoms with van der Waals surface area (Å²) < 4.78 is 5.09. The lowest BCUT2D eigenvalue weighted by atomic mass is 10.2. The number of carbonyl (C=O) groups is 1. The van der Waals surface area contributed by atoms with Crippen molar-refractivity contribution in [2.45, 2.75) is 26.3 Å². The van der Waals surface area contributed by atoms with Gasteiger partial charge in [-0.15, -0.1) is 11.3 Å². The Kier molecular flexibility index (Phi) is 5.44. The number of thiophene rings is 1. The topological polar surface area (TPSA) is 49.8 Å². The molecule has 0 fully saturated rings. The van der Waals surface area contributed by atoms with Gasteiger partial charge < -0.3 is 14.7 Å². The zero-order valence-corrected chi connectivity index (χ0v) is 11.3. The second kappa shape index (κ2) is 6.61. The van der Waals surface area contributed by atoms with Gasteiger partial charge >= 0.3 is 5.97 Å². The fourth-order valence-corrected chi connectivity index (χ4v) is 2.53. The van der Waals surface area contributed by atoms with E-state index in [1.165, 1.54) is 11.3 Å². The molecule has 1 aromatic rings. The summed E-state index contributed by atoms with van der Waals surface area (Å²) in [4.78, 5) is 13.4. The van der Waals surface area contributed by atoms with E-state index in [4.69, 9.17) is 9.84 Å². The lowest BCUT2D eigenvalue weighted by Gasteiger charge is -2.28. The van der Waals surface area contributed by atoms with E-state index in [9.17, 15) is 4.79 Å².